The number of hydrogen-bond acceptors (Lipinski definition) is 4. The van der Waals surface area contributed by atoms with Gasteiger partial charge in [0.15, 0.2) is 0 Å². The Balaban J connectivity index is 2.03. The number of phenolic OH excluding ortho intramolecular Hbond substituents is 1. The van der Waals surface area contributed by atoms with Crippen LogP contribution in [0.3, 0.4) is 0 Å². The molecule has 0 spiro atoms. The van der Waals surface area contributed by atoms with Gasteiger partial charge < -0.3 is 20.1 Å². The highest BCUT2D eigenvalue weighted by Gasteiger charge is 2.28. The van der Waals surface area contributed by atoms with Crippen molar-refractivity contribution in [1.29, 1.82) is 0 Å². The molecule has 2 N–H and O–H groups in total. The summed E-state index contributed by atoms with van der Waals surface area (Å²) < 4.78 is 5.39. The molecule has 5 heteroatoms. The van der Waals surface area contributed by atoms with Gasteiger partial charge in [-0.25, -0.2) is 4.79 Å². The lowest BCUT2D eigenvalue weighted by atomic mass is 10.0. The number of benzene rings is 1. The van der Waals surface area contributed by atoms with Gasteiger partial charge in [-0.15, -0.1) is 0 Å². The van der Waals surface area contributed by atoms with Crippen LogP contribution in [0.25, 0.3) is 0 Å². The maximum absolute atomic E-state index is 12.1. The molecule has 110 valence electrons. The summed E-state index contributed by atoms with van der Waals surface area (Å²) in [6.45, 7) is 7.46. The van der Waals surface area contributed by atoms with Gasteiger partial charge in [0.05, 0.1) is 6.04 Å². The lowest BCUT2D eigenvalue weighted by Crippen LogP contribution is -2.49. The Kier molecular flexibility index (Phi) is 4.18. The number of nitrogens with zero attached hydrogens (tertiary/aromatic N) is 1. The number of phenols is 1. The highest BCUT2D eigenvalue weighted by atomic mass is 16.6. The monoisotopic (exact) mass is 278 g/mol. The summed E-state index contributed by atoms with van der Waals surface area (Å²) in [5, 5.41) is 12.9. The van der Waals surface area contributed by atoms with Crippen LogP contribution in [0.4, 0.5) is 4.79 Å². The molecule has 5 nitrogen and oxygen atoms in total. The van der Waals surface area contributed by atoms with Crippen LogP contribution in [-0.4, -0.2) is 41.3 Å². The number of rotatable bonds is 1. The summed E-state index contributed by atoms with van der Waals surface area (Å²) in [5.74, 6) is 0.235. The average Bonchev–Trinajstić information content (AvgIpc) is 2.37. The van der Waals surface area contributed by atoms with Crippen LogP contribution in [0.2, 0.25) is 0 Å². The number of carbonyl (C=O) groups excluding carboxylic acids is 1. The molecule has 1 aromatic rings. The summed E-state index contributed by atoms with van der Waals surface area (Å²) >= 11 is 0. The molecule has 0 radical (unpaired) electrons. The maximum atomic E-state index is 12.1. The number of amides is 1. The second-order valence-corrected chi connectivity index (χ2v) is 6.03. The third kappa shape index (κ3) is 3.87. The molecule has 20 heavy (non-hydrogen) atoms. The van der Waals surface area contributed by atoms with Crippen molar-refractivity contribution in [3.05, 3.63) is 29.8 Å². The predicted octanol–water partition coefficient (Wildman–Crippen LogP) is 2.27. The van der Waals surface area contributed by atoms with Gasteiger partial charge in [0.2, 0.25) is 0 Å². The van der Waals surface area contributed by atoms with Crippen molar-refractivity contribution in [2.24, 2.45) is 0 Å². The summed E-state index contributed by atoms with van der Waals surface area (Å²) in [4.78, 5) is 13.8. The molecule has 1 amide bonds. The Hall–Kier alpha value is -1.75. The highest BCUT2D eigenvalue weighted by Crippen LogP contribution is 2.22. The Bertz CT molecular complexity index is 482. The number of nitrogens with one attached hydrogen (secondary N) is 1. The molecule has 0 unspecified atom stereocenters. The largest absolute Gasteiger partial charge is 0.508 e. The van der Waals surface area contributed by atoms with Crippen molar-refractivity contribution >= 4 is 6.09 Å². The van der Waals surface area contributed by atoms with Crippen LogP contribution in [0.5, 0.6) is 5.75 Å². The summed E-state index contributed by atoms with van der Waals surface area (Å²) in [6.07, 6.45) is -0.288. The SMILES string of the molecule is CC(C)(C)OC(=O)N1CCN[C@H](c2cccc(O)c2)C1. The molecule has 1 aromatic carbocycles. The minimum Gasteiger partial charge on any atom is -0.508 e. The molecular formula is C15H22N2O3. The van der Waals surface area contributed by atoms with E-state index in [9.17, 15) is 9.90 Å². The predicted molar refractivity (Wildman–Crippen MR) is 76.7 cm³/mol. The topological polar surface area (TPSA) is 61.8 Å². The molecule has 1 saturated heterocycles. The number of aromatic hydroxyl groups is 1. The lowest BCUT2D eigenvalue weighted by Gasteiger charge is -2.35. The first-order chi connectivity index (χ1) is 9.35. The van der Waals surface area contributed by atoms with E-state index in [1.807, 2.05) is 26.8 Å². The second kappa shape index (κ2) is 5.71. The van der Waals surface area contributed by atoms with E-state index in [1.165, 1.54) is 0 Å². The van der Waals surface area contributed by atoms with E-state index in [-0.39, 0.29) is 17.9 Å². The minimum atomic E-state index is -0.484. The van der Waals surface area contributed by atoms with Gasteiger partial charge in [0.1, 0.15) is 11.4 Å². The van der Waals surface area contributed by atoms with Crippen LogP contribution < -0.4 is 5.32 Å². The summed E-state index contributed by atoms with van der Waals surface area (Å²) in [7, 11) is 0. The summed E-state index contributed by atoms with van der Waals surface area (Å²) in [5.41, 5.74) is 0.487. The van der Waals surface area contributed by atoms with Gasteiger partial charge in [-0.2, -0.15) is 0 Å². The van der Waals surface area contributed by atoms with Crippen molar-refractivity contribution < 1.29 is 14.6 Å². The van der Waals surface area contributed by atoms with Crippen molar-refractivity contribution in [3.63, 3.8) is 0 Å². The van der Waals surface area contributed by atoms with Crippen molar-refractivity contribution in [2.75, 3.05) is 19.6 Å². The molecule has 0 bridgehead atoms. The third-order valence-corrected chi connectivity index (χ3v) is 3.10. The zero-order valence-corrected chi connectivity index (χ0v) is 12.2. The van der Waals surface area contributed by atoms with Gasteiger partial charge in [0.25, 0.3) is 0 Å². The highest BCUT2D eigenvalue weighted by molar-refractivity contribution is 5.68. The Morgan fingerprint density at radius 3 is 2.85 bits per heavy atom. The molecular weight excluding hydrogens is 256 g/mol. The van der Waals surface area contributed by atoms with Gasteiger partial charge in [-0.05, 0) is 38.5 Å². The zero-order chi connectivity index (χ0) is 14.8. The molecule has 1 aliphatic rings. The van der Waals surface area contributed by atoms with Crippen LogP contribution in [0.1, 0.15) is 32.4 Å². The van der Waals surface area contributed by atoms with E-state index in [0.717, 1.165) is 5.56 Å². The van der Waals surface area contributed by atoms with Gasteiger partial charge in [-0.3, -0.25) is 0 Å². The van der Waals surface area contributed by atoms with E-state index in [4.69, 9.17) is 4.74 Å². The van der Waals surface area contributed by atoms with E-state index < -0.39 is 5.60 Å². The Labute approximate surface area is 119 Å². The molecule has 1 atom stereocenters. The lowest BCUT2D eigenvalue weighted by molar-refractivity contribution is 0.0195. The van der Waals surface area contributed by atoms with E-state index in [1.54, 1.807) is 23.1 Å². The first-order valence-corrected chi connectivity index (χ1v) is 6.85. The van der Waals surface area contributed by atoms with E-state index in [2.05, 4.69) is 5.32 Å². The van der Waals surface area contributed by atoms with Crippen LogP contribution in [-0.2, 0) is 4.74 Å². The fourth-order valence-corrected chi connectivity index (χ4v) is 2.21. The maximum Gasteiger partial charge on any atom is 0.410 e. The number of hydrogen-bond donors (Lipinski definition) is 2. The summed E-state index contributed by atoms with van der Waals surface area (Å²) in [6, 6.07) is 7.12. The molecule has 2 rings (SSSR count). The second-order valence-electron chi connectivity index (χ2n) is 6.03. The van der Waals surface area contributed by atoms with Crippen LogP contribution in [0, 0.1) is 0 Å². The molecule has 1 aliphatic heterocycles. The van der Waals surface area contributed by atoms with Gasteiger partial charge >= 0.3 is 6.09 Å². The average molecular weight is 278 g/mol. The van der Waals surface area contributed by atoms with Crippen molar-refractivity contribution in [1.82, 2.24) is 10.2 Å². The first-order valence-electron chi connectivity index (χ1n) is 6.85. The Morgan fingerprint density at radius 1 is 1.45 bits per heavy atom. The molecule has 1 fully saturated rings. The van der Waals surface area contributed by atoms with Crippen LogP contribution in [0.15, 0.2) is 24.3 Å². The quantitative estimate of drug-likeness (QED) is 0.827. The number of ether oxygens (including phenoxy) is 1. The molecule has 1 heterocycles. The number of piperazine rings is 1. The molecule has 0 aromatic heterocycles. The van der Waals surface area contributed by atoms with Crippen LogP contribution >= 0.6 is 0 Å². The standard InChI is InChI=1S/C15H22N2O3/c1-15(2,3)20-14(19)17-8-7-16-13(10-17)11-5-4-6-12(18)9-11/h4-6,9,13,16,18H,7-8,10H2,1-3H3/t13-/m0/s1. The Morgan fingerprint density at radius 2 is 2.20 bits per heavy atom. The van der Waals surface area contributed by atoms with Crippen molar-refractivity contribution in [2.45, 2.75) is 32.4 Å². The minimum absolute atomic E-state index is 0.0170. The van der Waals surface area contributed by atoms with E-state index in [0.29, 0.717) is 19.6 Å². The molecule has 0 aliphatic carbocycles. The zero-order valence-electron chi connectivity index (χ0n) is 12.2. The van der Waals surface area contributed by atoms with Gasteiger partial charge in [0, 0.05) is 19.6 Å². The van der Waals surface area contributed by atoms with Crippen molar-refractivity contribution in [3.8, 4) is 5.75 Å². The molecule has 0 saturated carbocycles. The fraction of sp³-hybridized carbons (Fsp3) is 0.533. The normalized spacial score (nSPS) is 19.8. The smallest absolute Gasteiger partial charge is 0.410 e. The number of carbonyl (C=O) groups is 1. The first kappa shape index (κ1) is 14.7. The van der Waals surface area contributed by atoms with Gasteiger partial charge in [-0.1, -0.05) is 12.1 Å². The fourth-order valence-electron chi connectivity index (χ4n) is 2.21. The van der Waals surface area contributed by atoms with E-state index >= 15 is 0 Å². The third-order valence-electron chi connectivity index (χ3n) is 3.10.